The van der Waals surface area contributed by atoms with Crippen LogP contribution in [0, 0.1) is 5.41 Å². The zero-order chi connectivity index (χ0) is 13.2. The molecule has 0 aromatic heterocycles. The first-order valence-electron chi connectivity index (χ1n) is 6.81. The molecule has 4 nitrogen and oxygen atoms in total. The molecule has 102 valence electrons. The van der Waals surface area contributed by atoms with Crippen molar-refractivity contribution in [1.29, 1.82) is 0 Å². The molecule has 5 heteroatoms. The molecule has 1 amide bonds. The summed E-state index contributed by atoms with van der Waals surface area (Å²) in [7, 11) is 0. The number of nitrogens with two attached hydrogens (primary N) is 1. The number of carbonyl (C=O) groups excluding carboxylic acids is 1. The van der Waals surface area contributed by atoms with Crippen molar-refractivity contribution in [2.24, 2.45) is 11.1 Å². The lowest BCUT2D eigenvalue weighted by molar-refractivity contribution is -0.143. The molecule has 18 heavy (non-hydrogen) atoms. The van der Waals surface area contributed by atoms with E-state index in [1.54, 1.807) is 0 Å². The third kappa shape index (κ3) is 2.38. The highest BCUT2D eigenvalue weighted by Gasteiger charge is 2.48. The molecule has 0 bridgehead atoms. The number of ether oxygens (including phenoxy) is 1. The second-order valence-electron chi connectivity index (χ2n) is 5.28. The van der Waals surface area contributed by atoms with Crippen molar-refractivity contribution in [3.63, 3.8) is 0 Å². The number of hydrogen-bond donors (Lipinski definition) is 1. The summed E-state index contributed by atoms with van der Waals surface area (Å²) in [5.41, 5.74) is 5.24. The van der Waals surface area contributed by atoms with Crippen LogP contribution in [0.2, 0.25) is 0 Å². The second kappa shape index (κ2) is 5.53. The number of amides is 1. The van der Waals surface area contributed by atoms with Crippen LogP contribution in [0.3, 0.4) is 0 Å². The Morgan fingerprint density at radius 2 is 2.22 bits per heavy atom. The fourth-order valence-corrected chi connectivity index (χ4v) is 3.08. The summed E-state index contributed by atoms with van der Waals surface area (Å²) in [5, 5.41) is 0. The van der Waals surface area contributed by atoms with Crippen molar-refractivity contribution < 1.29 is 9.53 Å². The average molecular weight is 270 g/mol. The Morgan fingerprint density at radius 3 is 2.61 bits per heavy atom. The maximum Gasteiger partial charge on any atom is 0.235 e. The third-order valence-electron chi connectivity index (χ3n) is 4.21. The van der Waals surface area contributed by atoms with E-state index in [2.05, 4.69) is 0 Å². The van der Waals surface area contributed by atoms with Gasteiger partial charge in [-0.3, -0.25) is 4.79 Å². The molecule has 0 spiro atoms. The van der Waals surface area contributed by atoms with Crippen LogP contribution >= 0.6 is 12.2 Å². The number of likely N-dealkylation sites (N-methyl/N-ethyl adjacent to an activating group) is 1. The first-order chi connectivity index (χ1) is 8.60. The van der Waals surface area contributed by atoms with Gasteiger partial charge in [0.2, 0.25) is 5.91 Å². The third-order valence-corrected chi connectivity index (χ3v) is 4.60. The molecule has 0 radical (unpaired) electrons. The van der Waals surface area contributed by atoms with Crippen LogP contribution in [0.25, 0.3) is 0 Å². The van der Waals surface area contributed by atoms with Gasteiger partial charge in [-0.2, -0.15) is 0 Å². The molecule has 1 saturated carbocycles. The Labute approximate surface area is 114 Å². The predicted molar refractivity (Wildman–Crippen MR) is 74.3 cm³/mol. The molecule has 1 aliphatic heterocycles. The molecule has 1 unspecified atom stereocenters. The standard InChI is InChI=1S/C13H22N2O2S/c1-2-15(9-10-5-3-8-17-10)12(16)13(11(14)18)6-4-7-13/h10H,2-9H2,1H3,(H2,14,18). The van der Waals surface area contributed by atoms with Crippen LogP contribution in [0.1, 0.15) is 39.0 Å². The lowest BCUT2D eigenvalue weighted by Gasteiger charge is -2.42. The van der Waals surface area contributed by atoms with E-state index < -0.39 is 5.41 Å². The van der Waals surface area contributed by atoms with E-state index >= 15 is 0 Å². The molecule has 0 aromatic rings. The number of thiocarbonyl (C=S) groups is 1. The molecule has 2 fully saturated rings. The van der Waals surface area contributed by atoms with Gasteiger partial charge in [0.25, 0.3) is 0 Å². The van der Waals surface area contributed by atoms with Gasteiger partial charge in [-0.1, -0.05) is 18.6 Å². The van der Waals surface area contributed by atoms with E-state index in [4.69, 9.17) is 22.7 Å². The zero-order valence-electron chi connectivity index (χ0n) is 11.0. The molecule has 1 atom stereocenters. The molecule has 0 aromatic carbocycles. The summed E-state index contributed by atoms with van der Waals surface area (Å²) in [6.45, 7) is 4.19. The largest absolute Gasteiger partial charge is 0.392 e. The Kier molecular flexibility index (Phi) is 4.22. The summed E-state index contributed by atoms with van der Waals surface area (Å²) in [6.07, 6.45) is 4.99. The van der Waals surface area contributed by atoms with Crippen molar-refractivity contribution >= 4 is 23.1 Å². The first-order valence-corrected chi connectivity index (χ1v) is 7.22. The molecular weight excluding hydrogens is 248 g/mol. The highest BCUT2D eigenvalue weighted by atomic mass is 32.1. The predicted octanol–water partition coefficient (Wildman–Crippen LogP) is 1.47. The van der Waals surface area contributed by atoms with E-state index in [9.17, 15) is 4.79 Å². The van der Waals surface area contributed by atoms with E-state index in [0.717, 1.165) is 38.7 Å². The van der Waals surface area contributed by atoms with Gasteiger partial charge in [-0.25, -0.2) is 0 Å². The smallest absolute Gasteiger partial charge is 0.235 e. The van der Waals surface area contributed by atoms with E-state index in [1.165, 1.54) is 0 Å². The maximum absolute atomic E-state index is 12.6. The van der Waals surface area contributed by atoms with Gasteiger partial charge >= 0.3 is 0 Å². The van der Waals surface area contributed by atoms with Crippen molar-refractivity contribution in [3.05, 3.63) is 0 Å². The van der Waals surface area contributed by atoms with Crippen molar-refractivity contribution in [2.45, 2.75) is 45.1 Å². The zero-order valence-corrected chi connectivity index (χ0v) is 11.8. The lowest BCUT2D eigenvalue weighted by Crippen LogP contribution is -2.55. The number of nitrogens with zero attached hydrogens (tertiary/aromatic N) is 1. The fraction of sp³-hybridized carbons (Fsp3) is 0.846. The van der Waals surface area contributed by atoms with Gasteiger partial charge in [0, 0.05) is 19.7 Å². The van der Waals surface area contributed by atoms with Gasteiger partial charge in [0.15, 0.2) is 0 Å². The quantitative estimate of drug-likeness (QED) is 0.769. The van der Waals surface area contributed by atoms with Crippen LogP contribution in [0.4, 0.5) is 0 Å². The van der Waals surface area contributed by atoms with Gasteiger partial charge in [-0.15, -0.1) is 0 Å². The van der Waals surface area contributed by atoms with Gasteiger partial charge < -0.3 is 15.4 Å². The van der Waals surface area contributed by atoms with Gasteiger partial charge in [0.1, 0.15) is 0 Å². The second-order valence-corrected chi connectivity index (χ2v) is 5.72. The minimum absolute atomic E-state index is 0.110. The van der Waals surface area contributed by atoms with Crippen LogP contribution in [0.5, 0.6) is 0 Å². The highest BCUT2D eigenvalue weighted by molar-refractivity contribution is 7.80. The lowest BCUT2D eigenvalue weighted by atomic mass is 9.67. The molecule has 2 N–H and O–H groups in total. The van der Waals surface area contributed by atoms with Crippen LogP contribution < -0.4 is 5.73 Å². The number of hydrogen-bond acceptors (Lipinski definition) is 3. The van der Waals surface area contributed by atoms with Crippen molar-refractivity contribution in [1.82, 2.24) is 4.90 Å². The molecule has 2 aliphatic rings. The molecule has 1 saturated heterocycles. The van der Waals surface area contributed by atoms with Crippen LogP contribution in [0.15, 0.2) is 0 Å². The first kappa shape index (κ1) is 13.7. The normalized spacial score (nSPS) is 25.5. The molecule has 1 aliphatic carbocycles. The molecule has 2 rings (SSSR count). The summed E-state index contributed by atoms with van der Waals surface area (Å²) < 4.78 is 5.60. The summed E-state index contributed by atoms with van der Waals surface area (Å²) >= 11 is 5.11. The van der Waals surface area contributed by atoms with E-state index in [0.29, 0.717) is 18.1 Å². The Bertz CT molecular complexity index is 336. The maximum atomic E-state index is 12.6. The summed E-state index contributed by atoms with van der Waals surface area (Å²) in [6, 6.07) is 0. The fourth-order valence-electron chi connectivity index (χ4n) is 2.79. The Morgan fingerprint density at radius 1 is 1.50 bits per heavy atom. The van der Waals surface area contributed by atoms with Gasteiger partial charge in [-0.05, 0) is 32.6 Å². The average Bonchev–Trinajstić information content (AvgIpc) is 2.76. The van der Waals surface area contributed by atoms with Gasteiger partial charge in [0.05, 0.1) is 16.5 Å². The molecular formula is C13H22N2O2S. The Balaban J connectivity index is 2.02. The molecule has 1 heterocycles. The minimum atomic E-state index is -0.552. The number of carbonyl (C=O) groups is 1. The number of rotatable bonds is 5. The highest BCUT2D eigenvalue weighted by Crippen LogP contribution is 2.43. The monoisotopic (exact) mass is 270 g/mol. The minimum Gasteiger partial charge on any atom is -0.392 e. The Hall–Kier alpha value is -0.680. The summed E-state index contributed by atoms with van der Waals surface area (Å²) in [5.74, 6) is 0.110. The van der Waals surface area contributed by atoms with Crippen LogP contribution in [-0.2, 0) is 9.53 Å². The van der Waals surface area contributed by atoms with Crippen molar-refractivity contribution in [2.75, 3.05) is 19.7 Å². The van der Waals surface area contributed by atoms with Crippen LogP contribution in [-0.4, -0.2) is 41.6 Å². The topological polar surface area (TPSA) is 55.6 Å². The van der Waals surface area contributed by atoms with Crippen molar-refractivity contribution in [3.8, 4) is 0 Å². The van der Waals surface area contributed by atoms with E-state index in [1.807, 2.05) is 11.8 Å². The van der Waals surface area contributed by atoms with E-state index in [-0.39, 0.29) is 12.0 Å². The SMILES string of the molecule is CCN(CC1CCCO1)C(=O)C1(C(N)=S)CCC1. The summed E-state index contributed by atoms with van der Waals surface area (Å²) in [4.78, 5) is 14.8.